The van der Waals surface area contributed by atoms with E-state index in [4.69, 9.17) is 21.1 Å². The van der Waals surface area contributed by atoms with Crippen LogP contribution < -0.4 is 19.3 Å². The Balaban J connectivity index is 1.18. The smallest absolute Gasteiger partial charge is 0.135 e. The van der Waals surface area contributed by atoms with Gasteiger partial charge in [-0.15, -0.1) is 0 Å². The molecule has 0 saturated carbocycles. The van der Waals surface area contributed by atoms with Crippen molar-refractivity contribution in [1.82, 2.24) is 4.57 Å². The highest BCUT2D eigenvalue weighted by Crippen LogP contribution is 2.57. The number of benzene rings is 11. The van der Waals surface area contributed by atoms with Gasteiger partial charge in [0.2, 0.25) is 0 Å². The van der Waals surface area contributed by atoms with Gasteiger partial charge < -0.3 is 23.8 Å². The van der Waals surface area contributed by atoms with E-state index in [1.165, 1.54) is 11.1 Å². The molecule has 2 aliphatic heterocycles. The zero-order valence-electron chi connectivity index (χ0n) is 45.6. The normalized spacial score (nSPS) is 12.8. The molecular formula is C74H58ClN3O2. The van der Waals surface area contributed by atoms with Crippen LogP contribution in [0.1, 0.15) is 52.7 Å². The van der Waals surface area contributed by atoms with Crippen molar-refractivity contribution < 1.29 is 9.47 Å². The highest BCUT2D eigenvalue weighted by atomic mass is 35.5. The molecule has 0 bridgehead atoms. The molecule has 0 amide bonds. The lowest BCUT2D eigenvalue weighted by Crippen LogP contribution is -2.19. The van der Waals surface area contributed by atoms with Crippen LogP contribution >= 0.6 is 11.6 Å². The summed E-state index contributed by atoms with van der Waals surface area (Å²) in [5, 5.41) is 2.88. The number of fused-ring (bicyclic) bond motifs is 15. The third kappa shape index (κ3) is 8.14. The molecule has 2 aliphatic rings. The van der Waals surface area contributed by atoms with Crippen molar-refractivity contribution in [3.05, 3.63) is 259 Å². The number of aromatic nitrogens is 1. The molecule has 0 unspecified atom stereocenters. The minimum Gasteiger partial charge on any atom is -0.456 e. The van der Waals surface area contributed by atoms with Crippen LogP contribution in [-0.2, 0) is 10.8 Å². The summed E-state index contributed by atoms with van der Waals surface area (Å²) in [6.45, 7) is 13.6. The molecule has 80 heavy (non-hydrogen) atoms. The molecular weight excluding hydrogens is 998 g/mol. The molecule has 1 aromatic heterocycles. The predicted molar refractivity (Wildman–Crippen MR) is 334 cm³/mol. The minimum absolute atomic E-state index is 0.171. The standard InChI is InChI=1S/C74H58ClN3O2/c1-73(2,3)47-39-41-64-58(43-47)56-29-13-21-37-70(56)79-68-35-19-11-27-54(68)52-25-9-17-33-62(52)77(64)66-45-49(76-60-31-15-7-23-50(60)51-24-8-16-32-61(51)76)46-67(72(66)75)78-63-34-18-10-26-53(63)55-28-12-20-36-69(55)80-71-38-22-14-30-57(71)59-44-48(74(4,5)6)40-42-65(59)78/h7-46H,1-6H3. The minimum atomic E-state index is -0.171. The number of ether oxygens (including phenoxy) is 2. The zero-order valence-corrected chi connectivity index (χ0v) is 46.4. The Labute approximate surface area is 473 Å². The maximum Gasteiger partial charge on any atom is 0.135 e. The topological polar surface area (TPSA) is 29.9 Å². The molecule has 0 N–H and O–H groups in total. The number of hydrogen-bond acceptors (Lipinski definition) is 4. The lowest BCUT2D eigenvalue weighted by Gasteiger charge is -2.36. The number of hydrogen-bond donors (Lipinski definition) is 0. The summed E-state index contributed by atoms with van der Waals surface area (Å²) in [5.74, 6) is 3.04. The molecule has 6 heteroatoms. The fourth-order valence-corrected chi connectivity index (χ4v) is 12.3. The number of para-hydroxylation sites is 8. The Morgan fingerprint density at radius 1 is 0.300 bits per heavy atom. The van der Waals surface area contributed by atoms with Crippen LogP contribution in [0.4, 0.5) is 34.1 Å². The van der Waals surface area contributed by atoms with E-state index < -0.39 is 0 Å². The Morgan fingerprint density at radius 3 is 1.00 bits per heavy atom. The second kappa shape index (κ2) is 19.0. The Kier molecular flexibility index (Phi) is 11.6. The van der Waals surface area contributed by atoms with E-state index in [1.54, 1.807) is 0 Å². The summed E-state index contributed by atoms with van der Waals surface area (Å²) in [4.78, 5) is 4.82. The van der Waals surface area contributed by atoms with Crippen LogP contribution in [-0.4, -0.2) is 4.57 Å². The van der Waals surface area contributed by atoms with Crippen LogP contribution in [0.5, 0.6) is 23.0 Å². The molecule has 14 rings (SSSR count). The predicted octanol–water partition coefficient (Wildman–Crippen LogP) is 21.9. The SMILES string of the molecule is CC(C)(C)c1ccc2c(c1)-c1ccccc1Oc1ccccc1-c1ccccc1N2c1cc(-n2c3ccccc3c3ccccc32)cc(N2c3ccccc3-c3ccccc3Oc3ccccc3-c3cc(C(C)(C)C)ccc32)c1Cl. The maximum absolute atomic E-state index is 8.71. The van der Waals surface area contributed by atoms with E-state index >= 15 is 0 Å². The molecule has 388 valence electrons. The molecule has 0 atom stereocenters. The first-order valence-corrected chi connectivity index (χ1v) is 27.9. The Hall–Kier alpha value is -9.29. The highest BCUT2D eigenvalue weighted by molar-refractivity contribution is 6.37. The fourth-order valence-electron chi connectivity index (χ4n) is 12.0. The van der Waals surface area contributed by atoms with E-state index in [0.717, 1.165) is 129 Å². The van der Waals surface area contributed by atoms with Crippen molar-refractivity contribution in [2.45, 2.75) is 52.4 Å². The van der Waals surface area contributed by atoms with Gasteiger partial charge in [0.25, 0.3) is 0 Å². The molecule has 0 fully saturated rings. The molecule has 11 aromatic carbocycles. The van der Waals surface area contributed by atoms with Crippen LogP contribution in [0.15, 0.2) is 243 Å². The molecule has 0 saturated heterocycles. The average molecular weight is 1060 g/mol. The largest absolute Gasteiger partial charge is 0.456 e. The van der Waals surface area contributed by atoms with Crippen LogP contribution in [0, 0.1) is 0 Å². The van der Waals surface area contributed by atoms with Crippen LogP contribution in [0.3, 0.4) is 0 Å². The van der Waals surface area contributed by atoms with Crippen molar-refractivity contribution in [3.63, 3.8) is 0 Å². The summed E-state index contributed by atoms with van der Waals surface area (Å²) in [6.07, 6.45) is 0. The number of rotatable bonds is 3. The highest BCUT2D eigenvalue weighted by Gasteiger charge is 2.33. The molecule has 0 spiro atoms. The third-order valence-corrected chi connectivity index (χ3v) is 16.4. The first-order valence-electron chi connectivity index (χ1n) is 27.5. The zero-order chi connectivity index (χ0) is 54.4. The van der Waals surface area contributed by atoms with Gasteiger partial charge in [-0.1, -0.05) is 211 Å². The third-order valence-electron chi connectivity index (χ3n) is 16.0. The van der Waals surface area contributed by atoms with Crippen molar-refractivity contribution in [2.75, 3.05) is 9.80 Å². The summed E-state index contributed by atoms with van der Waals surface area (Å²) < 4.78 is 16.6. The number of halogens is 1. The maximum atomic E-state index is 8.71. The average Bonchev–Trinajstić information content (AvgIpc) is 3.86. The quantitative estimate of drug-likeness (QED) is 0.176. The van der Waals surface area contributed by atoms with Gasteiger partial charge in [0.05, 0.1) is 55.9 Å². The lowest BCUT2D eigenvalue weighted by atomic mass is 9.84. The van der Waals surface area contributed by atoms with Crippen molar-refractivity contribution in [3.8, 4) is 73.2 Å². The van der Waals surface area contributed by atoms with Gasteiger partial charge in [-0.05, 0) is 107 Å². The fraction of sp³-hybridized carbons (Fsp3) is 0.108. The van der Waals surface area contributed by atoms with Gasteiger partial charge in [0.1, 0.15) is 23.0 Å². The number of anilines is 6. The lowest BCUT2D eigenvalue weighted by molar-refractivity contribution is 0.486. The van der Waals surface area contributed by atoms with E-state index in [-0.39, 0.29) is 10.8 Å². The van der Waals surface area contributed by atoms with Crippen molar-refractivity contribution >= 4 is 67.5 Å². The van der Waals surface area contributed by atoms with Gasteiger partial charge in [0, 0.05) is 55.3 Å². The Morgan fingerprint density at radius 2 is 0.613 bits per heavy atom. The molecule has 5 nitrogen and oxygen atoms in total. The van der Waals surface area contributed by atoms with E-state index in [0.29, 0.717) is 5.02 Å². The van der Waals surface area contributed by atoms with Crippen LogP contribution in [0.2, 0.25) is 5.02 Å². The van der Waals surface area contributed by atoms with Gasteiger partial charge in [-0.2, -0.15) is 0 Å². The molecule has 0 radical (unpaired) electrons. The monoisotopic (exact) mass is 1060 g/mol. The van der Waals surface area contributed by atoms with E-state index in [1.807, 2.05) is 12.1 Å². The van der Waals surface area contributed by atoms with Crippen molar-refractivity contribution in [1.29, 1.82) is 0 Å². The van der Waals surface area contributed by atoms with Crippen LogP contribution in [0.25, 0.3) is 72.0 Å². The van der Waals surface area contributed by atoms with E-state index in [9.17, 15) is 0 Å². The molecule has 0 aliphatic carbocycles. The summed E-state index contributed by atoms with van der Waals surface area (Å²) in [6, 6.07) is 86.9. The van der Waals surface area contributed by atoms with Gasteiger partial charge in [-0.3, -0.25) is 0 Å². The first-order chi connectivity index (χ1) is 38.9. The number of nitrogens with zero attached hydrogens (tertiary/aromatic N) is 3. The first kappa shape index (κ1) is 49.0. The summed E-state index contributed by atoms with van der Waals surface area (Å²) >= 11 is 8.71. The summed E-state index contributed by atoms with van der Waals surface area (Å²) in [5.41, 5.74) is 18.4. The van der Waals surface area contributed by atoms with E-state index in [2.05, 4.69) is 286 Å². The molecule has 3 heterocycles. The second-order valence-corrected chi connectivity index (χ2v) is 23.4. The second-order valence-electron chi connectivity index (χ2n) is 23.0. The summed E-state index contributed by atoms with van der Waals surface area (Å²) in [7, 11) is 0. The Bertz CT molecular complexity index is 4160. The van der Waals surface area contributed by atoms with Gasteiger partial charge in [-0.25, -0.2) is 0 Å². The van der Waals surface area contributed by atoms with Gasteiger partial charge >= 0.3 is 0 Å². The van der Waals surface area contributed by atoms with Crippen molar-refractivity contribution in [2.24, 2.45) is 0 Å². The molecule has 12 aromatic rings. The van der Waals surface area contributed by atoms with Gasteiger partial charge in [0.15, 0.2) is 0 Å².